The second-order valence-electron chi connectivity index (χ2n) is 7.00. The third-order valence-corrected chi connectivity index (χ3v) is 5.78. The Morgan fingerprint density at radius 3 is 2.61 bits per heavy atom. The Hall–Kier alpha value is -1.15. The van der Waals surface area contributed by atoms with Crippen molar-refractivity contribution < 1.29 is 17.7 Å². The fourth-order valence-corrected chi connectivity index (χ4v) is 3.84. The number of hydrogen-bond acceptors (Lipinski definition) is 4. The predicted octanol–water partition coefficient (Wildman–Crippen LogP) is 2.01. The van der Waals surface area contributed by atoms with E-state index in [1.54, 1.807) is 0 Å². The third kappa shape index (κ3) is 3.10. The summed E-state index contributed by atoms with van der Waals surface area (Å²) in [6.07, 6.45) is 2.43. The molecule has 0 aromatic heterocycles. The first-order valence-electron chi connectivity index (χ1n) is 7.92. The maximum atomic E-state index is 11.2. The van der Waals surface area contributed by atoms with Crippen molar-refractivity contribution in [3.63, 3.8) is 0 Å². The van der Waals surface area contributed by atoms with Crippen molar-refractivity contribution in [2.75, 3.05) is 20.1 Å². The highest BCUT2D eigenvalue weighted by Crippen LogP contribution is 2.45. The van der Waals surface area contributed by atoms with Gasteiger partial charge in [0.2, 0.25) is 0 Å². The van der Waals surface area contributed by atoms with Crippen LogP contribution < -0.4 is 4.74 Å². The number of hydrogen-bond donors (Lipinski definition) is 1. The molecule has 1 saturated heterocycles. The molecule has 1 fully saturated rings. The molecule has 1 N–H and O–H groups in total. The second kappa shape index (κ2) is 5.73. The molecule has 0 radical (unpaired) electrons. The minimum absolute atomic E-state index is 0.0227. The van der Waals surface area contributed by atoms with Gasteiger partial charge in [0.15, 0.2) is 6.23 Å². The molecule has 2 aliphatic heterocycles. The number of benzene rings is 1. The average Bonchev–Trinajstić information content (AvgIpc) is 3.05. The first-order valence-corrected chi connectivity index (χ1v) is 9.32. The van der Waals surface area contributed by atoms with Gasteiger partial charge in [-0.3, -0.25) is 9.45 Å². The number of fused-ring (bicyclic) bond motifs is 1. The zero-order valence-corrected chi connectivity index (χ0v) is 14.6. The van der Waals surface area contributed by atoms with E-state index in [2.05, 4.69) is 18.7 Å². The van der Waals surface area contributed by atoms with Crippen molar-refractivity contribution in [1.29, 1.82) is 0 Å². The average molecular weight is 340 g/mol. The number of likely N-dealkylation sites (tertiary alicyclic amines) is 1. The third-order valence-electron chi connectivity index (χ3n) is 4.87. The monoisotopic (exact) mass is 340 g/mol. The molecule has 6 nitrogen and oxygen atoms in total. The largest absolute Gasteiger partial charge is 0.474 e. The first-order chi connectivity index (χ1) is 10.7. The highest BCUT2D eigenvalue weighted by Gasteiger charge is 2.45. The molecule has 23 heavy (non-hydrogen) atoms. The van der Waals surface area contributed by atoms with Crippen LogP contribution in [0.2, 0.25) is 0 Å². The Bertz CT molecular complexity index is 696. The summed E-state index contributed by atoms with van der Waals surface area (Å²) in [4.78, 5) is 2.38. The summed E-state index contributed by atoms with van der Waals surface area (Å²) in [6, 6.07) is 5.75. The molecule has 2 heterocycles. The van der Waals surface area contributed by atoms with Crippen LogP contribution in [0.5, 0.6) is 5.75 Å². The lowest BCUT2D eigenvalue weighted by molar-refractivity contribution is 0.0143. The van der Waals surface area contributed by atoms with Crippen LogP contribution >= 0.6 is 0 Å². The maximum Gasteiger partial charge on any atom is 0.335 e. The molecule has 0 bridgehead atoms. The van der Waals surface area contributed by atoms with Gasteiger partial charge in [0.1, 0.15) is 5.75 Å². The van der Waals surface area contributed by atoms with E-state index < -0.39 is 10.3 Å². The molecule has 1 aromatic carbocycles. The molecule has 1 aromatic rings. The van der Waals surface area contributed by atoms with E-state index >= 15 is 0 Å². The molecule has 3 rings (SSSR count). The van der Waals surface area contributed by atoms with Crippen LogP contribution in [0, 0.1) is 0 Å². The van der Waals surface area contributed by atoms with Gasteiger partial charge in [0.05, 0.1) is 0 Å². The Kier molecular flexibility index (Phi) is 4.16. The summed E-state index contributed by atoms with van der Waals surface area (Å²) in [6.45, 7) is 6.58. The molecule has 7 heteroatoms. The van der Waals surface area contributed by atoms with Gasteiger partial charge in [0, 0.05) is 37.7 Å². The van der Waals surface area contributed by atoms with E-state index in [9.17, 15) is 8.42 Å². The Morgan fingerprint density at radius 2 is 2.00 bits per heavy atom. The fraction of sp³-hybridized carbons (Fsp3) is 0.625. The summed E-state index contributed by atoms with van der Waals surface area (Å²) in [5.41, 5.74) is 1.77. The van der Waals surface area contributed by atoms with Gasteiger partial charge in [-0.15, -0.1) is 0 Å². The van der Waals surface area contributed by atoms with Crippen LogP contribution in [0.4, 0.5) is 0 Å². The Labute approximate surface area is 137 Å². The smallest absolute Gasteiger partial charge is 0.335 e. The number of ether oxygens (including phenoxy) is 1. The van der Waals surface area contributed by atoms with Crippen molar-refractivity contribution in [1.82, 2.24) is 9.21 Å². The van der Waals surface area contributed by atoms with E-state index in [4.69, 9.17) is 9.29 Å². The number of nitrogens with zero attached hydrogens (tertiary/aromatic N) is 2. The zero-order chi connectivity index (χ0) is 16.8. The minimum Gasteiger partial charge on any atom is -0.474 e. The maximum absolute atomic E-state index is 11.2. The summed E-state index contributed by atoms with van der Waals surface area (Å²) in [7, 11) is -2.82. The summed E-state index contributed by atoms with van der Waals surface area (Å²) in [5, 5.41) is 0. The molecule has 0 aliphatic carbocycles. The van der Waals surface area contributed by atoms with E-state index in [-0.39, 0.29) is 18.2 Å². The number of rotatable bonds is 4. The molecule has 1 atom stereocenters. The Balaban J connectivity index is 1.86. The van der Waals surface area contributed by atoms with Gasteiger partial charge in [0.25, 0.3) is 0 Å². The fourth-order valence-electron chi connectivity index (χ4n) is 3.53. The van der Waals surface area contributed by atoms with Crippen LogP contribution in [0.3, 0.4) is 0 Å². The van der Waals surface area contributed by atoms with Gasteiger partial charge >= 0.3 is 10.3 Å². The highest BCUT2D eigenvalue weighted by molar-refractivity contribution is 7.83. The van der Waals surface area contributed by atoms with Gasteiger partial charge in [-0.25, -0.2) is 0 Å². The van der Waals surface area contributed by atoms with Crippen LogP contribution in [-0.2, 0) is 22.3 Å². The molecule has 0 saturated carbocycles. The van der Waals surface area contributed by atoms with Gasteiger partial charge in [-0.2, -0.15) is 12.7 Å². The molecule has 2 aliphatic rings. The standard InChI is InChI=1S/C16H24N2O4S/c1-16(2)13-10-12(11-17(3)23(19,20)21)6-7-14(13)22-15(16)18-8-4-5-9-18/h6-7,10,15H,4-5,8-9,11H2,1-3H3,(H,19,20,21). The molecule has 1 unspecified atom stereocenters. The molecule has 128 valence electrons. The van der Waals surface area contributed by atoms with Gasteiger partial charge in [-0.05, 0) is 24.5 Å². The quantitative estimate of drug-likeness (QED) is 0.849. The minimum atomic E-state index is -4.17. The SMILES string of the molecule is CN(Cc1ccc2c(c1)C(C)(C)C(N1CCCC1)O2)S(=O)(=O)O. The van der Waals surface area contributed by atoms with E-state index in [1.165, 1.54) is 19.9 Å². The topological polar surface area (TPSA) is 70.1 Å². The van der Waals surface area contributed by atoms with Crippen molar-refractivity contribution in [2.45, 2.75) is 44.9 Å². The van der Waals surface area contributed by atoms with E-state index in [0.717, 1.165) is 34.3 Å². The van der Waals surface area contributed by atoms with Crippen molar-refractivity contribution in [3.05, 3.63) is 29.3 Å². The molecular weight excluding hydrogens is 316 g/mol. The molecule has 0 amide bonds. The Morgan fingerprint density at radius 1 is 1.35 bits per heavy atom. The van der Waals surface area contributed by atoms with Crippen LogP contribution in [0.15, 0.2) is 18.2 Å². The normalized spacial score (nSPS) is 24.0. The van der Waals surface area contributed by atoms with Crippen molar-refractivity contribution >= 4 is 10.3 Å². The molecular formula is C16H24N2O4S. The summed E-state index contributed by atoms with van der Waals surface area (Å²) < 4.78 is 38.5. The summed E-state index contributed by atoms with van der Waals surface area (Å²) >= 11 is 0. The van der Waals surface area contributed by atoms with E-state index in [1.807, 2.05) is 18.2 Å². The van der Waals surface area contributed by atoms with Crippen LogP contribution in [0.1, 0.15) is 37.8 Å². The van der Waals surface area contributed by atoms with Crippen LogP contribution in [-0.4, -0.2) is 48.5 Å². The van der Waals surface area contributed by atoms with Crippen LogP contribution in [0.25, 0.3) is 0 Å². The highest BCUT2D eigenvalue weighted by atomic mass is 32.2. The molecule has 0 spiro atoms. The van der Waals surface area contributed by atoms with Crippen molar-refractivity contribution in [3.8, 4) is 5.75 Å². The van der Waals surface area contributed by atoms with E-state index in [0.29, 0.717) is 0 Å². The van der Waals surface area contributed by atoms with Crippen molar-refractivity contribution in [2.24, 2.45) is 0 Å². The lowest BCUT2D eigenvalue weighted by Crippen LogP contribution is -2.46. The lowest BCUT2D eigenvalue weighted by atomic mass is 9.83. The lowest BCUT2D eigenvalue weighted by Gasteiger charge is -2.33. The summed E-state index contributed by atoms with van der Waals surface area (Å²) in [5.74, 6) is 0.866. The zero-order valence-electron chi connectivity index (χ0n) is 13.8. The van der Waals surface area contributed by atoms with Gasteiger partial charge < -0.3 is 4.74 Å². The first kappa shape index (κ1) is 16.7. The van der Waals surface area contributed by atoms with Gasteiger partial charge in [-0.1, -0.05) is 26.0 Å². The predicted molar refractivity (Wildman–Crippen MR) is 87.7 cm³/mol. The second-order valence-corrected chi connectivity index (χ2v) is 8.52.